The fourth-order valence-electron chi connectivity index (χ4n) is 0.345. The molecule has 0 heterocycles. The minimum atomic E-state index is -0.888. The molecule has 0 N–H and O–H groups in total. The molecule has 0 radical (unpaired) electrons. The summed E-state index contributed by atoms with van der Waals surface area (Å²) in [5.41, 5.74) is 0. The molecule has 0 aliphatic heterocycles. The van der Waals surface area contributed by atoms with Crippen LogP contribution in [0.25, 0.3) is 0 Å². The lowest BCUT2D eigenvalue weighted by Gasteiger charge is -2.12. The number of hydrogen-bond donors (Lipinski definition) is 0. The van der Waals surface area contributed by atoms with E-state index in [-0.39, 0.29) is 0 Å². The molecule has 1 nitrogen and oxygen atoms in total. The maximum absolute atomic E-state index is 5.03. The Morgan fingerprint density at radius 2 is 1.88 bits per heavy atom. The van der Waals surface area contributed by atoms with Crippen LogP contribution >= 0.6 is 11.9 Å². The highest BCUT2D eigenvalue weighted by atomic mass is 35.5. The van der Waals surface area contributed by atoms with Gasteiger partial charge in [0.1, 0.15) is 0 Å². The monoisotopic (exact) mass is 152 g/mol. The summed E-state index contributed by atoms with van der Waals surface area (Å²) in [5.74, 6) is 0. The van der Waals surface area contributed by atoms with Gasteiger partial charge in [-0.15, -0.1) is 0 Å². The Balaban J connectivity index is 3.11. The predicted molar refractivity (Wildman–Crippen MR) is 40.0 cm³/mol. The molecule has 0 spiro atoms. The van der Waals surface area contributed by atoms with Gasteiger partial charge in [0.25, 0.3) is 0 Å². The van der Waals surface area contributed by atoms with Crippen LogP contribution in [0.2, 0.25) is 25.7 Å². The van der Waals surface area contributed by atoms with Gasteiger partial charge in [0.15, 0.2) is 0 Å². The lowest BCUT2D eigenvalue weighted by molar-refractivity contribution is 0.375. The van der Waals surface area contributed by atoms with Crippen molar-refractivity contribution in [1.82, 2.24) is 0 Å². The maximum atomic E-state index is 5.03. The van der Waals surface area contributed by atoms with Crippen molar-refractivity contribution in [2.45, 2.75) is 25.7 Å². The zero-order chi connectivity index (χ0) is 6.62. The van der Waals surface area contributed by atoms with Crippen LogP contribution in [-0.2, 0) is 4.29 Å². The van der Waals surface area contributed by atoms with Crippen molar-refractivity contribution in [2.75, 3.05) is 6.61 Å². The van der Waals surface area contributed by atoms with E-state index in [4.69, 9.17) is 11.9 Å². The summed E-state index contributed by atoms with van der Waals surface area (Å²) in [5, 5.41) is 0. The number of rotatable bonds is 3. The molecule has 0 aromatic heterocycles. The fourth-order valence-corrected chi connectivity index (χ4v) is 1.27. The van der Waals surface area contributed by atoms with Crippen molar-refractivity contribution in [3.63, 3.8) is 0 Å². The molecule has 0 aromatic carbocycles. The molecule has 0 unspecified atom stereocenters. The van der Waals surface area contributed by atoms with E-state index in [1.54, 1.807) is 0 Å². The maximum Gasteiger partial charge on any atom is 0.0659 e. The molecular weight excluding hydrogens is 140 g/mol. The molecule has 0 saturated carbocycles. The fraction of sp³-hybridized carbons (Fsp3) is 1.00. The first-order valence-corrected chi connectivity index (χ1v) is 6.81. The van der Waals surface area contributed by atoms with Crippen molar-refractivity contribution < 1.29 is 4.29 Å². The second-order valence-corrected chi connectivity index (χ2v) is 8.96. The van der Waals surface area contributed by atoms with Crippen molar-refractivity contribution in [3.05, 3.63) is 0 Å². The quantitative estimate of drug-likeness (QED) is 0.565. The molecule has 50 valence electrons. The van der Waals surface area contributed by atoms with Gasteiger partial charge in [0.05, 0.1) is 18.5 Å². The minimum absolute atomic E-state index is 0.706. The molecule has 0 bridgehead atoms. The van der Waals surface area contributed by atoms with Crippen LogP contribution in [-0.4, -0.2) is 14.7 Å². The van der Waals surface area contributed by atoms with Crippen LogP contribution in [0.4, 0.5) is 0 Å². The summed E-state index contributed by atoms with van der Waals surface area (Å²) < 4.78 is 4.42. The van der Waals surface area contributed by atoms with E-state index >= 15 is 0 Å². The molecule has 0 saturated heterocycles. The summed E-state index contributed by atoms with van der Waals surface area (Å²) in [6, 6.07) is 1.15. The minimum Gasteiger partial charge on any atom is -0.280 e. The van der Waals surface area contributed by atoms with E-state index in [1.807, 2.05) is 0 Å². The van der Waals surface area contributed by atoms with Crippen LogP contribution in [0.3, 0.4) is 0 Å². The number of hydrogen-bond acceptors (Lipinski definition) is 1. The summed E-state index contributed by atoms with van der Waals surface area (Å²) >= 11 is 5.03. The Hall–Kier alpha value is 0.467. The van der Waals surface area contributed by atoms with Gasteiger partial charge in [-0.2, -0.15) is 0 Å². The Labute approximate surface area is 57.2 Å². The first-order valence-electron chi connectivity index (χ1n) is 2.80. The zero-order valence-corrected chi connectivity index (χ0v) is 7.46. The third kappa shape index (κ3) is 6.47. The first-order chi connectivity index (χ1) is 3.56. The highest BCUT2D eigenvalue weighted by Crippen LogP contribution is 2.07. The van der Waals surface area contributed by atoms with Crippen LogP contribution in [0.15, 0.2) is 0 Å². The topological polar surface area (TPSA) is 9.23 Å². The van der Waals surface area contributed by atoms with Gasteiger partial charge < -0.3 is 0 Å². The van der Waals surface area contributed by atoms with E-state index in [0.29, 0.717) is 6.61 Å². The van der Waals surface area contributed by atoms with Gasteiger partial charge in [-0.3, -0.25) is 4.29 Å². The summed E-state index contributed by atoms with van der Waals surface area (Å²) in [7, 11) is -0.888. The van der Waals surface area contributed by atoms with E-state index < -0.39 is 8.07 Å². The van der Waals surface area contributed by atoms with Crippen LogP contribution < -0.4 is 0 Å². The molecule has 8 heavy (non-hydrogen) atoms. The molecule has 0 rings (SSSR count). The SMILES string of the molecule is C[Si](C)(C)CCOCl. The Kier molecular flexibility index (Phi) is 3.69. The molecule has 0 aliphatic carbocycles. The van der Waals surface area contributed by atoms with Gasteiger partial charge in [0, 0.05) is 8.07 Å². The third-order valence-electron chi connectivity index (χ3n) is 0.929. The second kappa shape index (κ2) is 3.48. The normalized spacial score (nSPS) is 12.0. The van der Waals surface area contributed by atoms with E-state index in [2.05, 4.69) is 23.9 Å². The Morgan fingerprint density at radius 1 is 1.38 bits per heavy atom. The second-order valence-electron chi connectivity index (χ2n) is 3.12. The first kappa shape index (κ1) is 8.47. The molecule has 0 aromatic rings. The Bertz CT molecular complexity index is 59.9. The van der Waals surface area contributed by atoms with Crippen LogP contribution in [0.5, 0.6) is 0 Å². The van der Waals surface area contributed by atoms with Crippen molar-refractivity contribution in [3.8, 4) is 0 Å². The standard InChI is InChI=1S/C5H13ClOSi/c1-8(2,3)5-4-7-6/h4-5H2,1-3H3. The summed E-state index contributed by atoms with van der Waals surface area (Å²) in [6.45, 7) is 7.59. The zero-order valence-electron chi connectivity index (χ0n) is 5.70. The summed E-state index contributed by atoms with van der Waals surface area (Å²) in [6.07, 6.45) is 0. The molecule has 0 amide bonds. The predicted octanol–water partition coefficient (Wildman–Crippen LogP) is 2.50. The van der Waals surface area contributed by atoms with Crippen molar-refractivity contribution >= 4 is 19.9 Å². The summed E-state index contributed by atoms with van der Waals surface area (Å²) in [4.78, 5) is 0. The third-order valence-corrected chi connectivity index (χ3v) is 2.79. The van der Waals surface area contributed by atoms with Crippen LogP contribution in [0.1, 0.15) is 0 Å². The van der Waals surface area contributed by atoms with Gasteiger partial charge in [-0.1, -0.05) is 19.6 Å². The van der Waals surface area contributed by atoms with E-state index in [0.717, 1.165) is 6.04 Å². The van der Waals surface area contributed by atoms with E-state index in [1.165, 1.54) is 0 Å². The van der Waals surface area contributed by atoms with Gasteiger partial charge in [-0.05, 0) is 6.04 Å². The van der Waals surface area contributed by atoms with E-state index in [9.17, 15) is 0 Å². The Morgan fingerprint density at radius 3 is 2.00 bits per heavy atom. The van der Waals surface area contributed by atoms with Gasteiger partial charge in [-0.25, -0.2) is 0 Å². The largest absolute Gasteiger partial charge is 0.280 e. The molecular formula is C5H13ClOSi. The van der Waals surface area contributed by atoms with Gasteiger partial charge >= 0.3 is 0 Å². The highest BCUT2D eigenvalue weighted by molar-refractivity contribution is 6.76. The highest BCUT2D eigenvalue weighted by Gasteiger charge is 2.11. The van der Waals surface area contributed by atoms with Gasteiger partial charge in [0.2, 0.25) is 0 Å². The smallest absolute Gasteiger partial charge is 0.0659 e. The molecule has 3 heteroatoms. The molecule has 0 atom stereocenters. The van der Waals surface area contributed by atoms with Crippen LogP contribution in [0, 0.1) is 0 Å². The average Bonchev–Trinajstić information content (AvgIpc) is 1.59. The van der Waals surface area contributed by atoms with Crippen molar-refractivity contribution in [2.24, 2.45) is 0 Å². The lowest BCUT2D eigenvalue weighted by atomic mass is 10.9. The number of halogens is 1. The lowest BCUT2D eigenvalue weighted by Crippen LogP contribution is -2.20. The molecule has 0 fully saturated rings. The average molecular weight is 153 g/mol. The molecule has 0 aliphatic rings. The van der Waals surface area contributed by atoms with Crippen molar-refractivity contribution in [1.29, 1.82) is 0 Å².